The van der Waals surface area contributed by atoms with Gasteiger partial charge in [0, 0.05) is 17.4 Å². The number of Topliss-reactive ketones (excluding diaryl/α,β-unsaturated/α-hetero) is 2. The number of benzene rings is 1. The fourth-order valence-electron chi connectivity index (χ4n) is 1.38. The number of hydrogen-bond donors (Lipinski definition) is 1. The summed E-state index contributed by atoms with van der Waals surface area (Å²) in [5.74, 6) is -1.20. The highest BCUT2D eigenvalue weighted by atomic mass is 16.2. The van der Waals surface area contributed by atoms with Crippen molar-refractivity contribution in [3.8, 4) is 0 Å². The summed E-state index contributed by atoms with van der Waals surface area (Å²) in [5, 5.41) is 0. The van der Waals surface area contributed by atoms with Crippen molar-refractivity contribution < 1.29 is 9.59 Å². The first-order valence-electron chi connectivity index (χ1n) is 5.04. The number of nitrogen functional groups attached to an aromatic ring is 1. The molecule has 17 heavy (non-hydrogen) atoms. The van der Waals surface area contributed by atoms with Crippen molar-refractivity contribution in [3.63, 3.8) is 0 Å². The van der Waals surface area contributed by atoms with Crippen LogP contribution in [-0.4, -0.2) is 16.6 Å². The SMILES string of the molecule is Nc1ccc(C(=O)C(=O)c2ccccn2)cc1. The fourth-order valence-corrected chi connectivity index (χ4v) is 1.38. The van der Waals surface area contributed by atoms with Crippen molar-refractivity contribution in [2.75, 3.05) is 5.73 Å². The molecule has 4 nitrogen and oxygen atoms in total. The highest BCUT2D eigenvalue weighted by Gasteiger charge is 2.18. The van der Waals surface area contributed by atoms with Gasteiger partial charge in [-0.3, -0.25) is 14.6 Å². The molecule has 0 fully saturated rings. The largest absolute Gasteiger partial charge is 0.399 e. The second-order valence-corrected chi connectivity index (χ2v) is 3.50. The second kappa shape index (κ2) is 4.57. The monoisotopic (exact) mass is 226 g/mol. The zero-order valence-corrected chi connectivity index (χ0v) is 8.96. The van der Waals surface area contributed by atoms with Crippen molar-refractivity contribution in [1.29, 1.82) is 0 Å². The van der Waals surface area contributed by atoms with Gasteiger partial charge in [0.25, 0.3) is 5.78 Å². The van der Waals surface area contributed by atoms with E-state index in [1.54, 1.807) is 24.3 Å². The average molecular weight is 226 g/mol. The predicted molar refractivity (Wildman–Crippen MR) is 63.8 cm³/mol. The third-order valence-corrected chi connectivity index (χ3v) is 2.28. The Labute approximate surface area is 98.1 Å². The van der Waals surface area contributed by atoms with E-state index in [1.807, 2.05) is 0 Å². The molecule has 1 aromatic carbocycles. The van der Waals surface area contributed by atoms with Gasteiger partial charge in [-0.15, -0.1) is 0 Å². The number of aromatic nitrogens is 1. The summed E-state index contributed by atoms with van der Waals surface area (Å²) in [5.41, 5.74) is 6.52. The Hall–Kier alpha value is -2.49. The van der Waals surface area contributed by atoms with Crippen molar-refractivity contribution in [3.05, 3.63) is 59.9 Å². The van der Waals surface area contributed by atoms with E-state index in [-0.39, 0.29) is 5.69 Å². The standard InChI is InChI=1S/C13H10N2O2/c14-10-6-4-9(5-7-10)12(16)13(17)11-3-1-2-8-15-11/h1-8H,14H2. The highest BCUT2D eigenvalue weighted by molar-refractivity contribution is 6.48. The van der Waals surface area contributed by atoms with E-state index in [0.717, 1.165) is 0 Å². The lowest BCUT2D eigenvalue weighted by Crippen LogP contribution is -2.15. The third kappa shape index (κ3) is 2.36. The maximum Gasteiger partial charge on any atom is 0.251 e. The van der Waals surface area contributed by atoms with Crippen molar-refractivity contribution in [2.45, 2.75) is 0 Å². The number of carbonyl (C=O) groups excluding carboxylic acids is 2. The number of nitrogens with two attached hydrogens (primary N) is 1. The third-order valence-electron chi connectivity index (χ3n) is 2.28. The van der Waals surface area contributed by atoms with Gasteiger partial charge in [0.15, 0.2) is 0 Å². The molecule has 1 heterocycles. The first kappa shape index (κ1) is 11.0. The molecule has 0 bridgehead atoms. The molecule has 0 amide bonds. The van der Waals surface area contributed by atoms with Gasteiger partial charge in [-0.25, -0.2) is 0 Å². The van der Waals surface area contributed by atoms with Crippen molar-refractivity contribution in [2.24, 2.45) is 0 Å². The number of nitrogens with zero attached hydrogens (tertiary/aromatic N) is 1. The zero-order valence-electron chi connectivity index (χ0n) is 8.96. The van der Waals surface area contributed by atoms with Gasteiger partial charge in [0.05, 0.1) is 0 Å². The average Bonchev–Trinajstić information content (AvgIpc) is 2.39. The van der Waals surface area contributed by atoms with Crippen LogP contribution >= 0.6 is 0 Å². The van der Waals surface area contributed by atoms with Crippen LogP contribution in [0.1, 0.15) is 20.8 Å². The topological polar surface area (TPSA) is 73.1 Å². The molecule has 0 unspecified atom stereocenters. The van der Waals surface area contributed by atoms with Crippen LogP contribution in [0.25, 0.3) is 0 Å². The van der Waals surface area contributed by atoms with E-state index < -0.39 is 11.6 Å². The molecule has 2 N–H and O–H groups in total. The number of hydrogen-bond acceptors (Lipinski definition) is 4. The van der Waals surface area contributed by atoms with E-state index in [9.17, 15) is 9.59 Å². The molecule has 2 aromatic rings. The Balaban J connectivity index is 2.27. The van der Waals surface area contributed by atoms with Gasteiger partial charge in [-0.2, -0.15) is 0 Å². The molecule has 0 aliphatic heterocycles. The lowest BCUT2D eigenvalue weighted by Gasteiger charge is -2.00. The second-order valence-electron chi connectivity index (χ2n) is 3.50. The van der Waals surface area contributed by atoms with E-state index in [4.69, 9.17) is 5.73 Å². The van der Waals surface area contributed by atoms with E-state index in [2.05, 4.69) is 4.98 Å². The summed E-state index contributed by atoms with van der Waals surface area (Å²) in [4.78, 5) is 27.5. The summed E-state index contributed by atoms with van der Waals surface area (Å²) in [7, 11) is 0. The van der Waals surface area contributed by atoms with Gasteiger partial charge in [-0.1, -0.05) is 6.07 Å². The number of ketones is 2. The lowest BCUT2D eigenvalue weighted by molar-refractivity contribution is 0.0814. The van der Waals surface area contributed by atoms with Gasteiger partial charge < -0.3 is 5.73 Å². The van der Waals surface area contributed by atoms with Crippen LogP contribution in [0.15, 0.2) is 48.7 Å². The van der Waals surface area contributed by atoms with E-state index >= 15 is 0 Å². The van der Waals surface area contributed by atoms with Gasteiger partial charge in [0.1, 0.15) is 5.69 Å². The minimum atomic E-state index is -0.615. The minimum absolute atomic E-state index is 0.148. The van der Waals surface area contributed by atoms with Crippen LogP contribution in [0, 0.1) is 0 Å². The summed E-state index contributed by atoms with van der Waals surface area (Å²) in [6.45, 7) is 0. The molecule has 0 spiro atoms. The molecule has 2 rings (SSSR count). The Bertz CT molecular complexity index is 547. The van der Waals surface area contributed by atoms with Crippen LogP contribution in [0.4, 0.5) is 5.69 Å². The summed E-state index contributed by atoms with van der Waals surface area (Å²) >= 11 is 0. The number of anilines is 1. The molecular weight excluding hydrogens is 216 g/mol. The minimum Gasteiger partial charge on any atom is -0.399 e. The quantitative estimate of drug-likeness (QED) is 0.491. The first-order valence-corrected chi connectivity index (χ1v) is 5.04. The summed E-state index contributed by atoms with van der Waals surface area (Å²) in [6.07, 6.45) is 1.48. The number of rotatable bonds is 3. The van der Waals surface area contributed by atoms with Crippen molar-refractivity contribution in [1.82, 2.24) is 4.98 Å². The molecule has 0 saturated heterocycles. The van der Waals surface area contributed by atoms with Crippen LogP contribution in [-0.2, 0) is 0 Å². The van der Waals surface area contributed by atoms with Crippen LogP contribution < -0.4 is 5.73 Å². The normalized spacial score (nSPS) is 9.88. The number of pyridine rings is 1. The summed E-state index contributed by atoms with van der Waals surface area (Å²) in [6, 6.07) is 11.1. The van der Waals surface area contributed by atoms with Gasteiger partial charge in [-0.05, 0) is 36.4 Å². The fraction of sp³-hybridized carbons (Fsp3) is 0. The molecular formula is C13H10N2O2. The Morgan fingerprint density at radius 1 is 0.941 bits per heavy atom. The molecule has 0 radical (unpaired) electrons. The zero-order chi connectivity index (χ0) is 12.3. The predicted octanol–water partition coefficient (Wildman–Crippen LogP) is 1.73. The Kier molecular flexibility index (Phi) is 2.96. The van der Waals surface area contributed by atoms with Crippen molar-refractivity contribution >= 4 is 17.3 Å². The lowest BCUT2D eigenvalue weighted by atomic mass is 10.0. The maximum absolute atomic E-state index is 11.8. The Morgan fingerprint density at radius 3 is 2.24 bits per heavy atom. The van der Waals surface area contributed by atoms with Gasteiger partial charge >= 0.3 is 0 Å². The molecule has 0 atom stereocenters. The first-order chi connectivity index (χ1) is 8.18. The molecule has 84 valence electrons. The molecule has 0 aliphatic carbocycles. The molecule has 0 aliphatic rings. The number of carbonyl (C=O) groups is 2. The molecule has 1 aromatic heterocycles. The van der Waals surface area contributed by atoms with Gasteiger partial charge in [0.2, 0.25) is 5.78 Å². The smallest absolute Gasteiger partial charge is 0.251 e. The van der Waals surface area contributed by atoms with E-state index in [1.165, 1.54) is 24.4 Å². The van der Waals surface area contributed by atoms with Crippen LogP contribution in [0.2, 0.25) is 0 Å². The van der Waals surface area contributed by atoms with Crippen LogP contribution in [0.3, 0.4) is 0 Å². The maximum atomic E-state index is 11.8. The summed E-state index contributed by atoms with van der Waals surface area (Å²) < 4.78 is 0. The highest BCUT2D eigenvalue weighted by Crippen LogP contribution is 2.09. The Morgan fingerprint density at radius 2 is 1.65 bits per heavy atom. The molecule has 4 heteroatoms. The van der Waals surface area contributed by atoms with E-state index in [0.29, 0.717) is 11.3 Å². The molecule has 0 saturated carbocycles. The van der Waals surface area contributed by atoms with Crippen LogP contribution in [0.5, 0.6) is 0 Å².